The molecule has 0 aromatic rings. The van der Waals surface area contributed by atoms with Gasteiger partial charge in [0.05, 0.1) is 0 Å². The molecule has 3 heteroatoms. The molecule has 69 valence electrons. The first-order chi connectivity index (χ1) is 5.93. The molecule has 12 heavy (non-hydrogen) atoms. The lowest BCUT2D eigenvalue weighted by atomic mass is 9.70. The molecular weight excluding hydrogens is 151 g/mol. The molecule has 1 aliphatic carbocycles. The normalized spacial score (nSPS) is 19.4. The van der Waals surface area contributed by atoms with Crippen molar-refractivity contribution in [2.24, 2.45) is 0 Å². The van der Waals surface area contributed by atoms with Crippen molar-refractivity contribution >= 4 is 7.48 Å². The second-order valence-electron chi connectivity index (χ2n) is 3.48. The standard InChI is InChI=1S/C9H18BO2/c11-7-4-8-12-10-9-5-2-1-3-6-9/h9,11H,1-8H2. The van der Waals surface area contributed by atoms with Crippen LogP contribution in [-0.2, 0) is 4.65 Å². The molecule has 0 unspecified atom stereocenters. The Kier molecular flexibility index (Phi) is 5.45. The summed E-state index contributed by atoms with van der Waals surface area (Å²) in [5.74, 6) is 0.678. The number of hydrogen-bond donors (Lipinski definition) is 1. The fraction of sp³-hybridized carbons (Fsp3) is 1.00. The van der Waals surface area contributed by atoms with Crippen LogP contribution in [0, 0.1) is 0 Å². The van der Waals surface area contributed by atoms with Crippen LogP contribution in [0.1, 0.15) is 38.5 Å². The third-order valence-electron chi connectivity index (χ3n) is 2.36. The highest BCUT2D eigenvalue weighted by molar-refractivity contribution is 6.29. The molecule has 0 aromatic carbocycles. The highest BCUT2D eigenvalue weighted by Gasteiger charge is 2.14. The van der Waals surface area contributed by atoms with Crippen LogP contribution in [-0.4, -0.2) is 25.8 Å². The third kappa shape index (κ3) is 4.12. The zero-order valence-corrected chi connectivity index (χ0v) is 7.67. The average Bonchev–Trinajstić information content (AvgIpc) is 2.14. The van der Waals surface area contributed by atoms with Gasteiger partial charge in [0.25, 0.3) is 7.48 Å². The first-order valence-corrected chi connectivity index (χ1v) is 4.99. The largest absolute Gasteiger partial charge is 0.440 e. The Morgan fingerprint density at radius 3 is 2.67 bits per heavy atom. The van der Waals surface area contributed by atoms with Crippen molar-refractivity contribution in [1.82, 2.24) is 0 Å². The molecule has 1 saturated carbocycles. The highest BCUT2D eigenvalue weighted by Crippen LogP contribution is 2.27. The Morgan fingerprint density at radius 2 is 2.00 bits per heavy atom. The van der Waals surface area contributed by atoms with E-state index in [9.17, 15) is 0 Å². The number of aliphatic hydroxyl groups excluding tert-OH is 1. The van der Waals surface area contributed by atoms with Crippen LogP contribution in [0.5, 0.6) is 0 Å². The summed E-state index contributed by atoms with van der Waals surface area (Å²) in [6, 6.07) is 0. The van der Waals surface area contributed by atoms with E-state index in [-0.39, 0.29) is 6.61 Å². The van der Waals surface area contributed by atoms with Crippen LogP contribution in [0.3, 0.4) is 0 Å². The Balaban J connectivity index is 1.91. The summed E-state index contributed by atoms with van der Waals surface area (Å²) < 4.78 is 5.33. The van der Waals surface area contributed by atoms with E-state index < -0.39 is 0 Å². The van der Waals surface area contributed by atoms with Crippen molar-refractivity contribution in [3.05, 3.63) is 0 Å². The number of hydrogen-bond acceptors (Lipinski definition) is 2. The van der Waals surface area contributed by atoms with E-state index in [4.69, 9.17) is 9.76 Å². The Bertz CT molecular complexity index is 103. The van der Waals surface area contributed by atoms with E-state index in [0.29, 0.717) is 12.4 Å². The van der Waals surface area contributed by atoms with Crippen LogP contribution < -0.4 is 0 Å². The van der Waals surface area contributed by atoms with Crippen molar-refractivity contribution in [1.29, 1.82) is 0 Å². The fourth-order valence-electron chi connectivity index (χ4n) is 1.62. The minimum absolute atomic E-state index is 0.235. The molecule has 0 saturated heterocycles. The van der Waals surface area contributed by atoms with Crippen LogP contribution in [0.2, 0.25) is 5.82 Å². The van der Waals surface area contributed by atoms with E-state index >= 15 is 0 Å². The van der Waals surface area contributed by atoms with Crippen molar-refractivity contribution in [3.63, 3.8) is 0 Å². The predicted octanol–water partition coefficient (Wildman–Crippen LogP) is 1.76. The zero-order valence-electron chi connectivity index (χ0n) is 7.67. The Hall–Kier alpha value is -0.0151. The molecule has 0 spiro atoms. The van der Waals surface area contributed by atoms with Crippen LogP contribution in [0.15, 0.2) is 0 Å². The van der Waals surface area contributed by atoms with Gasteiger partial charge in [0.2, 0.25) is 0 Å². The number of rotatable bonds is 5. The van der Waals surface area contributed by atoms with Crippen LogP contribution >= 0.6 is 0 Å². The molecule has 0 aliphatic heterocycles. The minimum Gasteiger partial charge on any atom is -0.440 e. The molecule has 0 heterocycles. The second-order valence-corrected chi connectivity index (χ2v) is 3.48. The lowest BCUT2D eigenvalue weighted by Crippen LogP contribution is -2.12. The quantitative estimate of drug-likeness (QED) is 0.501. The van der Waals surface area contributed by atoms with E-state index in [2.05, 4.69) is 0 Å². The maximum atomic E-state index is 8.51. The van der Waals surface area contributed by atoms with Gasteiger partial charge in [-0.3, -0.25) is 0 Å². The summed E-state index contributed by atoms with van der Waals surface area (Å²) in [4.78, 5) is 0. The summed E-state index contributed by atoms with van der Waals surface area (Å²) >= 11 is 0. The van der Waals surface area contributed by atoms with Crippen molar-refractivity contribution in [2.45, 2.75) is 44.3 Å². The minimum atomic E-state index is 0.235. The molecule has 2 nitrogen and oxygen atoms in total. The smallest absolute Gasteiger partial charge is 0.295 e. The lowest BCUT2D eigenvalue weighted by molar-refractivity contribution is 0.235. The molecule has 0 aromatic heterocycles. The molecule has 1 radical (unpaired) electrons. The van der Waals surface area contributed by atoms with Crippen LogP contribution in [0.4, 0.5) is 0 Å². The third-order valence-corrected chi connectivity index (χ3v) is 2.36. The van der Waals surface area contributed by atoms with Gasteiger partial charge in [-0.1, -0.05) is 32.1 Å². The average molecular weight is 169 g/mol. The summed E-state index contributed by atoms with van der Waals surface area (Å²) in [6.07, 6.45) is 7.43. The summed E-state index contributed by atoms with van der Waals surface area (Å²) in [5.41, 5.74) is 0. The van der Waals surface area contributed by atoms with Gasteiger partial charge in [-0.05, 0) is 12.2 Å². The predicted molar refractivity (Wildman–Crippen MR) is 50.2 cm³/mol. The van der Waals surface area contributed by atoms with E-state index in [0.717, 1.165) is 6.42 Å². The molecular formula is C9H18BO2. The van der Waals surface area contributed by atoms with Crippen molar-refractivity contribution in [3.8, 4) is 0 Å². The topological polar surface area (TPSA) is 29.5 Å². The molecule has 0 amide bonds. The maximum Gasteiger partial charge on any atom is 0.295 e. The summed E-state index contributed by atoms with van der Waals surface area (Å²) in [7, 11) is 1.98. The first-order valence-electron chi connectivity index (χ1n) is 4.99. The maximum absolute atomic E-state index is 8.51. The van der Waals surface area contributed by atoms with Crippen molar-refractivity contribution < 1.29 is 9.76 Å². The van der Waals surface area contributed by atoms with E-state index in [1.165, 1.54) is 32.1 Å². The zero-order chi connectivity index (χ0) is 8.65. The SMILES string of the molecule is OCCCO[B]C1CCCCC1. The van der Waals surface area contributed by atoms with Gasteiger partial charge in [0, 0.05) is 13.2 Å². The summed E-state index contributed by atoms with van der Waals surface area (Å²) in [5, 5.41) is 8.51. The fourth-order valence-corrected chi connectivity index (χ4v) is 1.62. The molecule has 1 aliphatic rings. The Morgan fingerprint density at radius 1 is 1.25 bits per heavy atom. The van der Waals surface area contributed by atoms with Gasteiger partial charge in [-0.2, -0.15) is 0 Å². The Labute approximate surface area is 75.6 Å². The lowest BCUT2D eigenvalue weighted by Gasteiger charge is -2.19. The van der Waals surface area contributed by atoms with Gasteiger partial charge < -0.3 is 9.76 Å². The number of aliphatic hydroxyl groups is 1. The van der Waals surface area contributed by atoms with Gasteiger partial charge in [0.1, 0.15) is 0 Å². The molecule has 0 atom stereocenters. The monoisotopic (exact) mass is 169 g/mol. The molecule has 1 N–H and O–H groups in total. The molecule has 0 bridgehead atoms. The van der Waals surface area contributed by atoms with Gasteiger partial charge in [0.15, 0.2) is 0 Å². The molecule has 1 rings (SSSR count). The molecule has 1 fully saturated rings. The van der Waals surface area contributed by atoms with Crippen molar-refractivity contribution in [2.75, 3.05) is 13.2 Å². The van der Waals surface area contributed by atoms with E-state index in [1.54, 1.807) is 0 Å². The van der Waals surface area contributed by atoms with Gasteiger partial charge in [-0.25, -0.2) is 0 Å². The summed E-state index contributed by atoms with van der Waals surface area (Å²) in [6.45, 7) is 0.908. The first kappa shape index (κ1) is 10.1. The van der Waals surface area contributed by atoms with Crippen LogP contribution in [0.25, 0.3) is 0 Å². The highest BCUT2D eigenvalue weighted by atomic mass is 16.4. The van der Waals surface area contributed by atoms with E-state index in [1.807, 2.05) is 7.48 Å². The van der Waals surface area contributed by atoms with Gasteiger partial charge >= 0.3 is 0 Å². The van der Waals surface area contributed by atoms with Gasteiger partial charge in [-0.15, -0.1) is 0 Å². The second kappa shape index (κ2) is 6.50.